The highest BCUT2D eigenvalue weighted by molar-refractivity contribution is 7.92. The first kappa shape index (κ1) is 24.7. The first-order valence-electron chi connectivity index (χ1n) is 10.3. The highest BCUT2D eigenvalue weighted by Crippen LogP contribution is 2.33. The Morgan fingerprint density at radius 1 is 0.971 bits per heavy atom. The molecule has 0 aliphatic heterocycles. The van der Waals surface area contributed by atoms with Crippen LogP contribution in [0.5, 0.6) is 17.2 Å². The Hall–Kier alpha value is -3.98. The molecule has 0 fully saturated rings. The number of amides is 1. The zero-order chi connectivity index (χ0) is 24.6. The monoisotopic (exact) mass is 482 g/mol. The van der Waals surface area contributed by atoms with Gasteiger partial charge in [0.25, 0.3) is 10.0 Å². The molecule has 3 aromatic carbocycles. The maximum atomic E-state index is 13.5. The fraction of sp³-hybridized carbons (Fsp3) is 0.160. The predicted octanol–water partition coefficient (Wildman–Crippen LogP) is 4.10. The van der Waals surface area contributed by atoms with Crippen LogP contribution in [0.2, 0.25) is 0 Å². The smallest absolute Gasteiger partial charge is 0.264 e. The van der Waals surface area contributed by atoms with Gasteiger partial charge in [0, 0.05) is 17.8 Å². The molecule has 0 aliphatic carbocycles. The molecule has 0 radical (unpaired) electrons. The number of nitrogens with zero attached hydrogens (tertiary/aromatic N) is 1. The summed E-state index contributed by atoms with van der Waals surface area (Å²) in [5.41, 5.74) is 0.718. The van der Waals surface area contributed by atoms with E-state index in [1.165, 1.54) is 32.4 Å². The van der Waals surface area contributed by atoms with Crippen molar-refractivity contribution in [1.29, 1.82) is 0 Å². The fourth-order valence-corrected chi connectivity index (χ4v) is 4.60. The second-order valence-corrected chi connectivity index (χ2v) is 8.90. The summed E-state index contributed by atoms with van der Waals surface area (Å²) in [5.74, 6) is 0.784. The minimum Gasteiger partial charge on any atom is -0.493 e. The van der Waals surface area contributed by atoms with Crippen molar-refractivity contribution in [2.24, 2.45) is 0 Å². The van der Waals surface area contributed by atoms with Crippen molar-refractivity contribution in [1.82, 2.24) is 0 Å². The van der Waals surface area contributed by atoms with Crippen LogP contribution in [0.3, 0.4) is 0 Å². The molecule has 9 heteroatoms. The van der Waals surface area contributed by atoms with E-state index in [4.69, 9.17) is 14.2 Å². The van der Waals surface area contributed by atoms with Gasteiger partial charge < -0.3 is 19.5 Å². The summed E-state index contributed by atoms with van der Waals surface area (Å²) >= 11 is 0. The van der Waals surface area contributed by atoms with Crippen molar-refractivity contribution in [2.75, 3.05) is 37.0 Å². The zero-order valence-electron chi connectivity index (χ0n) is 18.9. The molecule has 3 aromatic rings. The predicted molar refractivity (Wildman–Crippen MR) is 131 cm³/mol. The SMILES string of the molecule is C=CCOc1cccc(NC(=O)CN(c2ccc(OC)c(OC)c2)S(=O)(=O)c2ccccc2)c1. The first-order valence-corrected chi connectivity index (χ1v) is 11.8. The molecule has 34 heavy (non-hydrogen) atoms. The number of hydrogen-bond acceptors (Lipinski definition) is 6. The van der Waals surface area contributed by atoms with Gasteiger partial charge in [-0.1, -0.05) is 36.9 Å². The lowest BCUT2D eigenvalue weighted by Crippen LogP contribution is -2.38. The normalized spacial score (nSPS) is 10.8. The third kappa shape index (κ3) is 5.87. The van der Waals surface area contributed by atoms with E-state index in [9.17, 15) is 13.2 Å². The van der Waals surface area contributed by atoms with Crippen LogP contribution in [0.15, 0.2) is 90.3 Å². The van der Waals surface area contributed by atoms with Crippen LogP contribution < -0.4 is 23.8 Å². The van der Waals surface area contributed by atoms with Crippen LogP contribution >= 0.6 is 0 Å². The number of methoxy groups -OCH3 is 2. The van der Waals surface area contributed by atoms with Gasteiger partial charge in [0.15, 0.2) is 11.5 Å². The van der Waals surface area contributed by atoms with Gasteiger partial charge in [0.1, 0.15) is 18.9 Å². The summed E-state index contributed by atoms with van der Waals surface area (Å²) in [4.78, 5) is 13.0. The molecule has 0 bridgehead atoms. The molecule has 8 nitrogen and oxygen atoms in total. The minimum absolute atomic E-state index is 0.0532. The molecule has 0 atom stereocenters. The van der Waals surface area contributed by atoms with Gasteiger partial charge in [0.2, 0.25) is 5.91 Å². The second kappa shape index (κ2) is 11.2. The Morgan fingerprint density at radius 3 is 2.38 bits per heavy atom. The quantitative estimate of drug-likeness (QED) is 0.414. The van der Waals surface area contributed by atoms with Crippen molar-refractivity contribution in [3.63, 3.8) is 0 Å². The van der Waals surface area contributed by atoms with Crippen LogP contribution in [-0.2, 0) is 14.8 Å². The molecule has 0 unspecified atom stereocenters. The summed E-state index contributed by atoms with van der Waals surface area (Å²) in [6, 6.07) is 19.4. The summed E-state index contributed by atoms with van der Waals surface area (Å²) in [6.07, 6.45) is 1.61. The maximum absolute atomic E-state index is 13.5. The number of carbonyl (C=O) groups excluding carboxylic acids is 1. The van der Waals surface area contributed by atoms with E-state index in [0.717, 1.165) is 4.31 Å². The summed E-state index contributed by atoms with van der Waals surface area (Å²) in [5, 5.41) is 2.73. The van der Waals surface area contributed by atoms with Gasteiger partial charge in [-0.2, -0.15) is 0 Å². The van der Waals surface area contributed by atoms with Gasteiger partial charge in [-0.15, -0.1) is 0 Å². The Bertz CT molecular complexity index is 1250. The number of ether oxygens (including phenoxy) is 3. The number of rotatable bonds is 11. The Morgan fingerprint density at radius 2 is 1.71 bits per heavy atom. The van der Waals surface area contributed by atoms with Crippen molar-refractivity contribution >= 4 is 27.3 Å². The molecule has 0 spiro atoms. The summed E-state index contributed by atoms with van der Waals surface area (Å²) < 4.78 is 44.1. The van der Waals surface area contributed by atoms with Crippen molar-refractivity contribution in [3.05, 3.63) is 85.5 Å². The molecular weight excluding hydrogens is 456 g/mol. The maximum Gasteiger partial charge on any atom is 0.264 e. The molecule has 0 heterocycles. The minimum atomic E-state index is -4.07. The van der Waals surface area contributed by atoms with Gasteiger partial charge in [-0.3, -0.25) is 9.10 Å². The molecule has 1 N–H and O–H groups in total. The number of anilines is 2. The summed E-state index contributed by atoms with van der Waals surface area (Å²) in [6.45, 7) is 3.46. The van der Waals surface area contributed by atoms with E-state index < -0.39 is 22.5 Å². The third-order valence-corrected chi connectivity index (χ3v) is 6.55. The molecular formula is C25H26N2O6S. The fourth-order valence-electron chi connectivity index (χ4n) is 3.16. The van der Waals surface area contributed by atoms with E-state index in [2.05, 4.69) is 11.9 Å². The number of hydrogen-bond donors (Lipinski definition) is 1. The van der Waals surface area contributed by atoms with Crippen LogP contribution in [0.25, 0.3) is 0 Å². The largest absolute Gasteiger partial charge is 0.493 e. The topological polar surface area (TPSA) is 94.2 Å². The number of carbonyl (C=O) groups is 1. The van der Waals surface area contributed by atoms with Crippen molar-refractivity contribution in [2.45, 2.75) is 4.90 Å². The van der Waals surface area contributed by atoms with Crippen molar-refractivity contribution < 1.29 is 27.4 Å². The van der Waals surface area contributed by atoms with E-state index in [1.54, 1.807) is 60.7 Å². The van der Waals surface area contributed by atoms with E-state index in [0.29, 0.717) is 29.5 Å². The summed E-state index contributed by atoms with van der Waals surface area (Å²) in [7, 11) is -1.13. The lowest BCUT2D eigenvalue weighted by Gasteiger charge is -2.25. The van der Waals surface area contributed by atoms with E-state index in [1.807, 2.05) is 0 Å². The molecule has 3 rings (SSSR count). The van der Waals surface area contributed by atoms with Crippen molar-refractivity contribution in [3.8, 4) is 17.2 Å². The third-order valence-electron chi connectivity index (χ3n) is 4.76. The van der Waals surface area contributed by atoms with Crippen LogP contribution in [-0.4, -0.2) is 41.7 Å². The van der Waals surface area contributed by atoms with E-state index >= 15 is 0 Å². The number of nitrogens with one attached hydrogen (secondary N) is 1. The number of sulfonamides is 1. The van der Waals surface area contributed by atoms with Gasteiger partial charge in [0.05, 0.1) is 24.8 Å². The standard InChI is InChI=1S/C25H26N2O6S/c1-4-15-33-21-10-8-9-19(16-21)26-25(28)18-27(34(29,30)22-11-6-5-7-12-22)20-13-14-23(31-2)24(17-20)32-3/h4-14,16-17H,1,15,18H2,2-3H3,(H,26,28). The highest BCUT2D eigenvalue weighted by atomic mass is 32.2. The zero-order valence-corrected chi connectivity index (χ0v) is 19.7. The lowest BCUT2D eigenvalue weighted by molar-refractivity contribution is -0.114. The van der Waals surface area contributed by atoms with Crippen LogP contribution in [0, 0.1) is 0 Å². The lowest BCUT2D eigenvalue weighted by atomic mass is 10.2. The van der Waals surface area contributed by atoms with Gasteiger partial charge in [-0.05, 0) is 36.4 Å². The first-order chi connectivity index (χ1) is 16.4. The van der Waals surface area contributed by atoms with Crippen LogP contribution in [0.4, 0.5) is 11.4 Å². The van der Waals surface area contributed by atoms with E-state index in [-0.39, 0.29) is 10.6 Å². The Kier molecular flexibility index (Phi) is 8.15. The molecule has 0 saturated heterocycles. The molecule has 0 aromatic heterocycles. The molecule has 1 amide bonds. The average molecular weight is 483 g/mol. The van der Waals surface area contributed by atoms with Crippen LogP contribution in [0.1, 0.15) is 0 Å². The molecule has 0 saturated carbocycles. The molecule has 0 aliphatic rings. The highest BCUT2D eigenvalue weighted by Gasteiger charge is 2.28. The molecule has 178 valence electrons. The second-order valence-electron chi connectivity index (χ2n) is 7.04. The number of benzene rings is 3. The average Bonchev–Trinajstić information content (AvgIpc) is 2.86. The Labute approximate surface area is 199 Å². The van der Waals surface area contributed by atoms with Gasteiger partial charge >= 0.3 is 0 Å². The van der Waals surface area contributed by atoms with Gasteiger partial charge in [-0.25, -0.2) is 8.42 Å². The Balaban J connectivity index is 1.93.